The fourth-order valence-electron chi connectivity index (χ4n) is 5.20. The maximum atomic E-state index is 14.2. The average Bonchev–Trinajstić information content (AvgIpc) is 3.68. The fourth-order valence-corrected chi connectivity index (χ4v) is 5.20. The van der Waals surface area contributed by atoms with Crippen LogP contribution < -0.4 is 5.32 Å². The van der Waals surface area contributed by atoms with E-state index in [-0.39, 0.29) is 23.8 Å². The number of fused-ring (bicyclic) bond motifs is 4. The van der Waals surface area contributed by atoms with E-state index in [1.54, 1.807) is 16.9 Å². The molecule has 1 N–H and O–H groups in total. The van der Waals surface area contributed by atoms with Gasteiger partial charge in [-0.2, -0.15) is 23.4 Å². The first kappa shape index (κ1) is 24.3. The highest BCUT2D eigenvalue weighted by Gasteiger charge is 2.46. The van der Waals surface area contributed by atoms with Gasteiger partial charge >= 0.3 is 6.18 Å². The topological polar surface area (TPSA) is 90.8 Å². The molecule has 0 amide bonds. The van der Waals surface area contributed by atoms with Crippen LogP contribution in [-0.2, 0) is 0 Å². The first-order valence-corrected chi connectivity index (χ1v) is 12.9. The van der Waals surface area contributed by atoms with Crippen molar-refractivity contribution in [2.45, 2.75) is 44.4 Å². The predicted octanol–water partition coefficient (Wildman–Crippen LogP) is 6.11. The molecule has 1 aliphatic heterocycles. The SMILES string of the molecule is CC(C)c1ccc([C@@H]2C[C@@H](C(F)(F)F)n3nc(-c4nc5c6cnn(-c7ccccc7)c6ncn5n4)cc3N2)cc1. The normalized spacial score (nSPS) is 17.4. The van der Waals surface area contributed by atoms with E-state index in [4.69, 9.17) is 0 Å². The first-order valence-electron chi connectivity index (χ1n) is 12.9. The Kier molecular flexibility index (Phi) is 5.41. The molecule has 0 unspecified atom stereocenters. The lowest BCUT2D eigenvalue weighted by Gasteiger charge is -2.33. The van der Waals surface area contributed by atoms with Crippen molar-refractivity contribution in [3.63, 3.8) is 0 Å². The molecule has 0 fully saturated rings. The zero-order chi connectivity index (χ0) is 27.6. The van der Waals surface area contributed by atoms with Crippen molar-refractivity contribution in [1.82, 2.24) is 39.1 Å². The summed E-state index contributed by atoms with van der Waals surface area (Å²) >= 11 is 0. The molecule has 5 heterocycles. The van der Waals surface area contributed by atoms with E-state index in [9.17, 15) is 13.2 Å². The van der Waals surface area contributed by atoms with Gasteiger partial charge < -0.3 is 5.32 Å². The number of rotatable bonds is 4. The van der Waals surface area contributed by atoms with E-state index in [0.717, 1.165) is 21.5 Å². The molecule has 9 nitrogen and oxygen atoms in total. The van der Waals surface area contributed by atoms with Crippen molar-refractivity contribution >= 4 is 22.5 Å². The maximum absolute atomic E-state index is 14.2. The zero-order valence-corrected chi connectivity index (χ0v) is 21.6. The van der Waals surface area contributed by atoms with Crippen LogP contribution in [0.3, 0.4) is 0 Å². The highest BCUT2D eigenvalue weighted by molar-refractivity contribution is 5.89. The number of alkyl halides is 3. The third kappa shape index (κ3) is 3.98. The van der Waals surface area contributed by atoms with Crippen molar-refractivity contribution in [1.29, 1.82) is 0 Å². The Hall–Kier alpha value is -4.74. The monoisotopic (exact) mass is 543 g/mol. The van der Waals surface area contributed by atoms with Crippen LogP contribution in [0.15, 0.2) is 73.2 Å². The number of nitrogens with zero attached hydrogens (tertiary/aromatic N) is 8. The molecule has 0 aliphatic carbocycles. The van der Waals surface area contributed by atoms with Crippen molar-refractivity contribution in [3.8, 4) is 17.2 Å². The Labute approximate surface area is 226 Å². The fraction of sp³-hybridized carbons (Fsp3) is 0.250. The molecular formula is C28H24F3N9. The number of nitrogens with one attached hydrogen (secondary N) is 1. The van der Waals surface area contributed by atoms with E-state index < -0.39 is 18.3 Å². The van der Waals surface area contributed by atoms with Crippen molar-refractivity contribution in [2.75, 3.05) is 5.32 Å². The summed E-state index contributed by atoms with van der Waals surface area (Å²) in [6.45, 7) is 4.16. The maximum Gasteiger partial charge on any atom is 0.410 e. The van der Waals surface area contributed by atoms with Gasteiger partial charge in [-0.05, 0) is 29.2 Å². The second-order valence-corrected chi connectivity index (χ2v) is 10.2. The average molecular weight is 544 g/mol. The smallest absolute Gasteiger partial charge is 0.363 e. The second kappa shape index (κ2) is 8.90. The molecule has 202 valence electrons. The molecule has 0 saturated heterocycles. The Bertz CT molecular complexity index is 1830. The Morgan fingerprint density at radius 3 is 2.48 bits per heavy atom. The summed E-state index contributed by atoms with van der Waals surface area (Å²) in [4.78, 5) is 9.12. The molecule has 1 aliphatic rings. The molecule has 7 rings (SSSR count). The minimum Gasteiger partial charge on any atom is -0.363 e. The number of hydrogen-bond donors (Lipinski definition) is 1. The standard InChI is InChI=1S/C28H24F3N9/c1-16(2)17-8-10-18(11-9-17)21-12-23(28(29,30)31)40-24(34-21)13-22(36-40)25-35-27-20-14-33-39(19-6-4-3-5-7-19)26(20)32-15-38(27)37-25/h3-11,13-16,21,23,34H,12H2,1-2H3/t21-,23-/m0/s1. The minimum absolute atomic E-state index is 0.180. The predicted molar refractivity (Wildman–Crippen MR) is 143 cm³/mol. The van der Waals surface area contributed by atoms with E-state index in [0.29, 0.717) is 22.6 Å². The summed E-state index contributed by atoms with van der Waals surface area (Å²) in [6.07, 6.45) is -1.50. The lowest BCUT2D eigenvalue weighted by molar-refractivity contribution is -0.173. The molecule has 4 aromatic heterocycles. The third-order valence-corrected chi connectivity index (χ3v) is 7.33. The molecule has 2 aromatic carbocycles. The van der Waals surface area contributed by atoms with Gasteiger partial charge in [0.1, 0.15) is 17.8 Å². The Morgan fingerprint density at radius 1 is 0.975 bits per heavy atom. The molecular weight excluding hydrogens is 519 g/mol. The van der Waals surface area contributed by atoms with Crippen LogP contribution in [0.5, 0.6) is 0 Å². The lowest BCUT2D eigenvalue weighted by atomic mass is 9.94. The summed E-state index contributed by atoms with van der Waals surface area (Å²) in [6, 6.07) is 16.5. The van der Waals surface area contributed by atoms with Gasteiger partial charge in [0.05, 0.1) is 23.3 Å². The van der Waals surface area contributed by atoms with Crippen LogP contribution in [0, 0.1) is 0 Å². The Balaban J connectivity index is 1.27. The van der Waals surface area contributed by atoms with E-state index in [1.807, 2.05) is 54.6 Å². The van der Waals surface area contributed by atoms with Gasteiger partial charge in [0.15, 0.2) is 17.3 Å². The van der Waals surface area contributed by atoms with Crippen LogP contribution in [0.2, 0.25) is 0 Å². The molecule has 40 heavy (non-hydrogen) atoms. The number of para-hydroxylation sites is 1. The van der Waals surface area contributed by atoms with Gasteiger partial charge in [0, 0.05) is 12.5 Å². The number of halogens is 3. The largest absolute Gasteiger partial charge is 0.410 e. The first-order chi connectivity index (χ1) is 19.3. The van der Waals surface area contributed by atoms with Gasteiger partial charge in [-0.25, -0.2) is 23.8 Å². The number of anilines is 1. The molecule has 2 atom stereocenters. The van der Waals surface area contributed by atoms with Gasteiger partial charge in [-0.15, -0.1) is 5.10 Å². The molecule has 0 saturated carbocycles. The van der Waals surface area contributed by atoms with Gasteiger partial charge in [-0.1, -0.05) is 56.3 Å². The van der Waals surface area contributed by atoms with Crippen LogP contribution >= 0.6 is 0 Å². The van der Waals surface area contributed by atoms with Gasteiger partial charge in [0.25, 0.3) is 0 Å². The van der Waals surface area contributed by atoms with Crippen LogP contribution in [0.4, 0.5) is 19.0 Å². The number of aromatic nitrogens is 8. The van der Waals surface area contributed by atoms with Crippen molar-refractivity contribution < 1.29 is 13.2 Å². The molecule has 0 spiro atoms. The third-order valence-electron chi connectivity index (χ3n) is 7.33. The highest BCUT2D eigenvalue weighted by atomic mass is 19.4. The second-order valence-electron chi connectivity index (χ2n) is 10.2. The number of hydrogen-bond acceptors (Lipinski definition) is 6. The quantitative estimate of drug-likeness (QED) is 0.289. The van der Waals surface area contributed by atoms with E-state index in [2.05, 4.69) is 44.4 Å². The van der Waals surface area contributed by atoms with Crippen LogP contribution in [0.25, 0.3) is 33.9 Å². The van der Waals surface area contributed by atoms with Gasteiger partial charge in [-0.3, -0.25) is 0 Å². The van der Waals surface area contributed by atoms with Crippen LogP contribution in [0.1, 0.15) is 49.4 Å². The molecule has 0 bridgehead atoms. The minimum atomic E-state index is -4.48. The van der Waals surface area contributed by atoms with Crippen LogP contribution in [-0.4, -0.2) is 45.3 Å². The van der Waals surface area contributed by atoms with E-state index >= 15 is 0 Å². The molecule has 6 aromatic rings. The van der Waals surface area contributed by atoms with Crippen molar-refractivity contribution in [3.05, 3.63) is 84.3 Å². The summed E-state index contributed by atoms with van der Waals surface area (Å²) in [7, 11) is 0. The molecule has 12 heteroatoms. The number of benzene rings is 2. The highest BCUT2D eigenvalue weighted by Crippen LogP contribution is 2.44. The summed E-state index contributed by atoms with van der Waals surface area (Å²) in [5.74, 6) is 0.798. The summed E-state index contributed by atoms with van der Waals surface area (Å²) < 4.78 is 46.9. The summed E-state index contributed by atoms with van der Waals surface area (Å²) in [5.41, 5.74) is 4.08. The Morgan fingerprint density at radius 2 is 1.75 bits per heavy atom. The lowest BCUT2D eigenvalue weighted by Crippen LogP contribution is -2.35. The van der Waals surface area contributed by atoms with Gasteiger partial charge in [0.2, 0.25) is 5.82 Å². The van der Waals surface area contributed by atoms with Crippen molar-refractivity contribution in [2.24, 2.45) is 0 Å². The molecule has 0 radical (unpaired) electrons. The zero-order valence-electron chi connectivity index (χ0n) is 21.6. The summed E-state index contributed by atoms with van der Waals surface area (Å²) in [5, 5.41) is 17.2. The van der Waals surface area contributed by atoms with E-state index in [1.165, 1.54) is 10.8 Å².